The zero-order chi connectivity index (χ0) is 25.7. The number of allylic oxidation sites excluding steroid dienone is 1. The summed E-state index contributed by atoms with van der Waals surface area (Å²) in [7, 11) is 2.81. The van der Waals surface area contributed by atoms with Crippen LogP contribution in [-0.2, 0) is 16.0 Å². The SMILES string of the molecule is C=CCc1cc(C=Nn2c(C(C)C)nc3ccc(Br)cc3c2=O)cc(OC)c1O[C@@H](C)C(=O)OC. The summed E-state index contributed by atoms with van der Waals surface area (Å²) in [4.78, 5) is 29.8. The van der Waals surface area contributed by atoms with Gasteiger partial charge in [-0.15, -0.1) is 6.58 Å². The molecule has 0 bridgehead atoms. The Morgan fingerprint density at radius 1 is 1.23 bits per heavy atom. The summed E-state index contributed by atoms with van der Waals surface area (Å²) >= 11 is 3.41. The first-order valence-electron chi connectivity index (χ1n) is 11.0. The molecule has 8 nitrogen and oxygen atoms in total. The summed E-state index contributed by atoms with van der Waals surface area (Å²) in [5.74, 6) is 0.845. The van der Waals surface area contributed by atoms with Crippen LogP contribution < -0.4 is 15.0 Å². The number of carbonyl (C=O) groups is 1. The minimum absolute atomic E-state index is 0.0330. The fourth-order valence-electron chi connectivity index (χ4n) is 3.52. The lowest BCUT2D eigenvalue weighted by molar-refractivity contribution is -0.147. The standard InChI is InChI=1S/C26H28BrN3O5/c1-7-8-18-11-17(12-22(33-5)23(18)35-16(4)26(32)34-6)14-28-30-24(15(2)3)29-21-10-9-19(27)13-20(21)25(30)31/h7,9-16H,1,8H2,2-6H3/t16-/m0/s1. The molecule has 0 radical (unpaired) electrons. The molecule has 9 heteroatoms. The quantitative estimate of drug-likeness (QED) is 0.218. The van der Waals surface area contributed by atoms with Crippen molar-refractivity contribution in [3.05, 3.63) is 74.8 Å². The van der Waals surface area contributed by atoms with Crippen LogP contribution in [0.3, 0.4) is 0 Å². The van der Waals surface area contributed by atoms with E-state index in [-0.39, 0.29) is 11.5 Å². The normalized spacial score (nSPS) is 12.2. The zero-order valence-corrected chi connectivity index (χ0v) is 22.0. The number of hydrogen-bond acceptors (Lipinski definition) is 7. The van der Waals surface area contributed by atoms with Crippen molar-refractivity contribution >= 4 is 39.0 Å². The van der Waals surface area contributed by atoms with Crippen molar-refractivity contribution in [1.82, 2.24) is 9.66 Å². The third-order valence-corrected chi connectivity index (χ3v) is 5.73. The Bertz CT molecular complexity index is 1350. The van der Waals surface area contributed by atoms with Gasteiger partial charge in [0.2, 0.25) is 0 Å². The van der Waals surface area contributed by atoms with Gasteiger partial charge in [0.1, 0.15) is 5.82 Å². The van der Waals surface area contributed by atoms with Crippen LogP contribution >= 0.6 is 15.9 Å². The lowest BCUT2D eigenvalue weighted by Gasteiger charge is -2.19. The number of esters is 1. The number of aromatic nitrogens is 2. The maximum absolute atomic E-state index is 13.3. The summed E-state index contributed by atoms with van der Waals surface area (Å²) in [6.45, 7) is 9.32. The number of rotatable bonds is 9. The van der Waals surface area contributed by atoms with E-state index < -0.39 is 12.1 Å². The molecule has 0 amide bonds. The van der Waals surface area contributed by atoms with Gasteiger partial charge < -0.3 is 14.2 Å². The molecule has 0 aliphatic carbocycles. The van der Waals surface area contributed by atoms with Crippen molar-refractivity contribution in [3.8, 4) is 11.5 Å². The molecule has 2 aromatic carbocycles. The van der Waals surface area contributed by atoms with Crippen LogP contribution in [0.25, 0.3) is 10.9 Å². The molecule has 0 saturated heterocycles. The Morgan fingerprint density at radius 3 is 2.60 bits per heavy atom. The van der Waals surface area contributed by atoms with E-state index in [0.29, 0.717) is 40.2 Å². The van der Waals surface area contributed by atoms with Gasteiger partial charge >= 0.3 is 5.97 Å². The molecule has 0 fully saturated rings. The smallest absolute Gasteiger partial charge is 0.346 e. The van der Waals surface area contributed by atoms with Crippen molar-refractivity contribution < 1.29 is 19.0 Å². The molecule has 1 aromatic heterocycles. The highest BCUT2D eigenvalue weighted by Crippen LogP contribution is 2.34. The monoisotopic (exact) mass is 541 g/mol. The zero-order valence-electron chi connectivity index (χ0n) is 20.4. The van der Waals surface area contributed by atoms with E-state index in [2.05, 4.69) is 32.6 Å². The van der Waals surface area contributed by atoms with Gasteiger partial charge in [0, 0.05) is 16.0 Å². The Labute approximate surface area is 212 Å². The molecule has 0 spiro atoms. The van der Waals surface area contributed by atoms with Crippen LogP contribution in [0.4, 0.5) is 0 Å². The van der Waals surface area contributed by atoms with Gasteiger partial charge in [0.15, 0.2) is 17.6 Å². The largest absolute Gasteiger partial charge is 0.493 e. The number of nitrogens with zero attached hydrogens (tertiary/aromatic N) is 3. The maximum atomic E-state index is 13.3. The molecule has 184 valence electrons. The summed E-state index contributed by atoms with van der Waals surface area (Å²) in [5.41, 5.74) is 1.77. The van der Waals surface area contributed by atoms with E-state index in [0.717, 1.165) is 10.0 Å². The van der Waals surface area contributed by atoms with Gasteiger partial charge in [0.05, 0.1) is 31.3 Å². The van der Waals surface area contributed by atoms with Gasteiger partial charge in [-0.1, -0.05) is 35.9 Å². The van der Waals surface area contributed by atoms with Crippen molar-refractivity contribution in [2.24, 2.45) is 5.10 Å². The summed E-state index contributed by atoms with van der Waals surface area (Å²) < 4.78 is 18.3. The Morgan fingerprint density at radius 2 is 1.97 bits per heavy atom. The molecule has 0 saturated carbocycles. The molecular formula is C26H28BrN3O5. The number of halogens is 1. The first-order chi connectivity index (χ1) is 16.7. The van der Waals surface area contributed by atoms with Crippen LogP contribution in [-0.4, -0.2) is 42.2 Å². The summed E-state index contributed by atoms with van der Waals surface area (Å²) in [5, 5.41) is 4.96. The van der Waals surface area contributed by atoms with E-state index in [1.165, 1.54) is 18.9 Å². The third-order valence-electron chi connectivity index (χ3n) is 5.24. The molecular weight excluding hydrogens is 514 g/mol. The first-order valence-corrected chi connectivity index (χ1v) is 11.8. The van der Waals surface area contributed by atoms with Crippen molar-refractivity contribution in [2.75, 3.05) is 14.2 Å². The number of fused-ring (bicyclic) bond motifs is 1. The molecule has 3 aromatic rings. The molecule has 1 heterocycles. The van der Waals surface area contributed by atoms with Gasteiger partial charge in [-0.05, 0) is 49.2 Å². The summed E-state index contributed by atoms with van der Waals surface area (Å²) in [6, 6.07) is 8.96. The molecule has 0 unspecified atom stereocenters. The number of benzene rings is 2. The molecule has 0 aliphatic rings. The number of carbonyl (C=O) groups excluding carboxylic acids is 1. The Balaban J connectivity index is 2.11. The van der Waals surface area contributed by atoms with Gasteiger partial charge in [-0.25, -0.2) is 9.78 Å². The highest BCUT2D eigenvalue weighted by molar-refractivity contribution is 9.10. The van der Waals surface area contributed by atoms with E-state index in [1.54, 1.807) is 37.4 Å². The van der Waals surface area contributed by atoms with Crippen LogP contribution in [0.15, 0.2) is 57.4 Å². The van der Waals surface area contributed by atoms with Crippen LogP contribution in [0.5, 0.6) is 11.5 Å². The minimum Gasteiger partial charge on any atom is -0.493 e. The van der Waals surface area contributed by atoms with Crippen LogP contribution in [0.1, 0.15) is 43.6 Å². The highest BCUT2D eigenvalue weighted by atomic mass is 79.9. The second-order valence-electron chi connectivity index (χ2n) is 8.14. The first kappa shape index (κ1) is 26.2. The Hall–Kier alpha value is -3.46. The van der Waals surface area contributed by atoms with E-state index in [9.17, 15) is 9.59 Å². The number of hydrogen-bond donors (Lipinski definition) is 0. The van der Waals surface area contributed by atoms with E-state index in [4.69, 9.17) is 14.2 Å². The van der Waals surface area contributed by atoms with Gasteiger partial charge in [-0.2, -0.15) is 9.78 Å². The van der Waals surface area contributed by atoms with Gasteiger partial charge in [-0.3, -0.25) is 4.79 Å². The Kier molecular flexibility index (Phi) is 8.45. The predicted octanol–water partition coefficient (Wildman–Crippen LogP) is 4.84. The predicted molar refractivity (Wildman–Crippen MR) is 140 cm³/mol. The van der Waals surface area contributed by atoms with E-state index >= 15 is 0 Å². The molecule has 0 N–H and O–H groups in total. The average molecular weight is 542 g/mol. The summed E-state index contributed by atoms with van der Waals surface area (Å²) in [6.07, 6.45) is 2.93. The van der Waals surface area contributed by atoms with E-state index in [1.807, 2.05) is 26.0 Å². The van der Waals surface area contributed by atoms with Crippen molar-refractivity contribution in [2.45, 2.75) is 39.2 Å². The molecule has 3 rings (SSSR count). The fraction of sp³-hybridized carbons (Fsp3) is 0.308. The number of methoxy groups -OCH3 is 2. The second kappa shape index (κ2) is 11.3. The molecule has 1 atom stereocenters. The van der Waals surface area contributed by atoms with Crippen LogP contribution in [0, 0.1) is 0 Å². The van der Waals surface area contributed by atoms with Crippen molar-refractivity contribution in [3.63, 3.8) is 0 Å². The minimum atomic E-state index is -0.827. The highest BCUT2D eigenvalue weighted by Gasteiger charge is 2.20. The third kappa shape index (κ3) is 5.79. The lowest BCUT2D eigenvalue weighted by Crippen LogP contribution is -2.25. The average Bonchev–Trinajstić information content (AvgIpc) is 2.84. The van der Waals surface area contributed by atoms with Gasteiger partial charge in [0.25, 0.3) is 5.56 Å². The topological polar surface area (TPSA) is 92.0 Å². The van der Waals surface area contributed by atoms with Crippen molar-refractivity contribution in [1.29, 1.82) is 0 Å². The second-order valence-corrected chi connectivity index (χ2v) is 9.05. The molecule has 0 aliphatic heterocycles. The lowest BCUT2D eigenvalue weighted by atomic mass is 10.1. The maximum Gasteiger partial charge on any atom is 0.346 e. The fourth-order valence-corrected chi connectivity index (χ4v) is 3.88. The molecule has 35 heavy (non-hydrogen) atoms. The van der Waals surface area contributed by atoms with Crippen LogP contribution in [0.2, 0.25) is 0 Å². The number of ether oxygens (including phenoxy) is 3.